The third-order valence-electron chi connectivity index (χ3n) is 3.74. The van der Waals surface area contributed by atoms with Crippen LogP contribution in [0.15, 0.2) is 6.33 Å². The number of nitrogens with zero attached hydrogens (tertiary/aromatic N) is 4. The first-order valence-electron chi connectivity index (χ1n) is 7.39. The molecule has 3 heterocycles. The molecule has 1 aliphatic rings. The molecule has 5 unspecified atom stereocenters. The van der Waals surface area contributed by atoms with Crippen LogP contribution < -0.4 is 11.5 Å². The highest BCUT2D eigenvalue weighted by Gasteiger charge is 2.46. The number of nitrogens with two attached hydrogens (primary N) is 2. The number of fused-ring (bicyclic) bond motifs is 1. The zero-order valence-corrected chi connectivity index (χ0v) is 15.5. The van der Waals surface area contributed by atoms with Gasteiger partial charge in [0.05, 0.1) is 6.61 Å². The van der Waals surface area contributed by atoms with E-state index in [-0.39, 0.29) is 22.9 Å². The molecule has 0 bridgehead atoms. The molecule has 156 valence electrons. The predicted molar refractivity (Wildman–Crippen MR) is 89.0 cm³/mol. The molecular formula is C10H16N6O10P2. The zero-order valence-electron chi connectivity index (χ0n) is 13.7. The van der Waals surface area contributed by atoms with Gasteiger partial charge in [-0.05, 0) is 0 Å². The number of phosphoric ester groups is 1. The van der Waals surface area contributed by atoms with E-state index in [1.54, 1.807) is 0 Å². The normalized spacial score (nSPS) is 27.9. The van der Waals surface area contributed by atoms with E-state index in [2.05, 4.69) is 23.8 Å². The highest BCUT2D eigenvalue weighted by molar-refractivity contribution is 7.60. The lowest BCUT2D eigenvalue weighted by atomic mass is 10.1. The van der Waals surface area contributed by atoms with Crippen molar-refractivity contribution in [2.45, 2.75) is 24.5 Å². The predicted octanol–water partition coefficient (Wildman–Crippen LogP) is -2.16. The summed E-state index contributed by atoms with van der Waals surface area (Å²) in [6.45, 7) is -0.855. The highest BCUT2D eigenvalue weighted by atomic mass is 31.3. The molecule has 5 atom stereocenters. The van der Waals surface area contributed by atoms with E-state index in [1.165, 1.54) is 0 Å². The van der Waals surface area contributed by atoms with Crippen molar-refractivity contribution in [1.82, 2.24) is 19.5 Å². The van der Waals surface area contributed by atoms with Gasteiger partial charge in [0.2, 0.25) is 5.95 Å². The minimum absolute atomic E-state index is 0.0131. The Morgan fingerprint density at radius 3 is 2.50 bits per heavy atom. The average molecular weight is 442 g/mol. The van der Waals surface area contributed by atoms with E-state index in [4.69, 9.17) is 26.0 Å². The van der Waals surface area contributed by atoms with Crippen LogP contribution >= 0.6 is 15.6 Å². The maximum atomic E-state index is 11.5. The summed E-state index contributed by atoms with van der Waals surface area (Å²) in [5.41, 5.74) is 11.7. The lowest BCUT2D eigenvalue weighted by Crippen LogP contribution is -2.33. The Hall–Kier alpha value is -1.71. The highest BCUT2D eigenvalue weighted by Crippen LogP contribution is 2.57. The first kappa shape index (κ1) is 21.0. The van der Waals surface area contributed by atoms with Crippen LogP contribution in [0.1, 0.15) is 6.23 Å². The van der Waals surface area contributed by atoms with Crippen LogP contribution in [-0.4, -0.2) is 69.3 Å². The number of nitrogen functional groups attached to an aromatic ring is 2. The fourth-order valence-electron chi connectivity index (χ4n) is 2.60. The number of aromatic nitrogens is 4. The molecule has 1 aliphatic heterocycles. The number of imidazole rings is 1. The molecule has 18 heteroatoms. The Bertz CT molecular complexity index is 979. The van der Waals surface area contributed by atoms with Gasteiger partial charge in [-0.1, -0.05) is 0 Å². The van der Waals surface area contributed by atoms with Crippen molar-refractivity contribution in [3.63, 3.8) is 0 Å². The SMILES string of the molecule is Nc1ncnc2c1nc(N)n2C1OC(COP(=O)(O)OP(=O)(O)O)C(O)C1O. The van der Waals surface area contributed by atoms with E-state index in [1.807, 2.05) is 0 Å². The molecule has 1 saturated heterocycles. The zero-order chi connectivity index (χ0) is 20.9. The number of aliphatic hydroxyl groups excluding tert-OH is 2. The molecule has 0 amide bonds. The van der Waals surface area contributed by atoms with Gasteiger partial charge in [0.15, 0.2) is 23.2 Å². The molecule has 2 aromatic heterocycles. The van der Waals surface area contributed by atoms with Crippen LogP contribution in [0, 0.1) is 0 Å². The van der Waals surface area contributed by atoms with Gasteiger partial charge in [-0.2, -0.15) is 4.31 Å². The lowest BCUT2D eigenvalue weighted by molar-refractivity contribution is -0.0493. The maximum absolute atomic E-state index is 11.5. The minimum Gasteiger partial charge on any atom is -0.387 e. The number of anilines is 2. The fraction of sp³-hybridized carbons (Fsp3) is 0.500. The summed E-state index contributed by atoms with van der Waals surface area (Å²) in [7, 11) is -10.5. The van der Waals surface area contributed by atoms with Gasteiger partial charge in [0.1, 0.15) is 24.6 Å². The van der Waals surface area contributed by atoms with Gasteiger partial charge in [-0.15, -0.1) is 0 Å². The number of rotatable bonds is 6. The van der Waals surface area contributed by atoms with E-state index in [0.717, 1.165) is 10.9 Å². The third-order valence-corrected chi connectivity index (χ3v) is 5.89. The van der Waals surface area contributed by atoms with Crippen LogP contribution in [0.25, 0.3) is 11.2 Å². The Kier molecular flexibility index (Phi) is 5.46. The summed E-state index contributed by atoms with van der Waals surface area (Å²) in [5, 5.41) is 20.4. The standard InChI is InChI=1S/C10H16N6O10P2/c11-7-4-8(14-2-13-7)16(10(12)15-4)9-6(18)5(17)3(25-9)1-24-28(22,23)26-27(19,20)21/h2-3,5-6,9,17-18H,1H2,(H2,12,15)(H,22,23)(H2,11,13,14)(H2,19,20,21). The van der Waals surface area contributed by atoms with E-state index in [0.29, 0.717) is 0 Å². The topological polar surface area (TPSA) is 259 Å². The second-order valence-corrected chi connectivity index (χ2v) is 8.48. The monoisotopic (exact) mass is 442 g/mol. The summed E-state index contributed by atoms with van der Waals surface area (Å²) in [4.78, 5) is 38.1. The van der Waals surface area contributed by atoms with Crippen LogP contribution in [0.5, 0.6) is 0 Å². The summed E-state index contributed by atoms with van der Waals surface area (Å²) >= 11 is 0. The van der Waals surface area contributed by atoms with Crippen molar-refractivity contribution in [3.8, 4) is 0 Å². The molecule has 0 spiro atoms. The molecule has 0 aliphatic carbocycles. The summed E-state index contributed by atoms with van der Waals surface area (Å²) in [6, 6.07) is 0. The molecule has 0 aromatic carbocycles. The van der Waals surface area contributed by atoms with Crippen molar-refractivity contribution in [2.24, 2.45) is 0 Å². The van der Waals surface area contributed by atoms with Crippen molar-refractivity contribution in [3.05, 3.63) is 6.33 Å². The molecule has 0 radical (unpaired) electrons. The quantitative estimate of drug-likeness (QED) is 0.235. The molecule has 28 heavy (non-hydrogen) atoms. The van der Waals surface area contributed by atoms with Gasteiger partial charge >= 0.3 is 15.6 Å². The Balaban J connectivity index is 1.80. The van der Waals surface area contributed by atoms with E-state index < -0.39 is 46.8 Å². The Morgan fingerprint density at radius 1 is 1.18 bits per heavy atom. The first-order chi connectivity index (χ1) is 12.9. The number of aliphatic hydroxyl groups is 2. The minimum atomic E-state index is -5.31. The summed E-state index contributed by atoms with van der Waals surface area (Å²) in [6.07, 6.45) is -4.82. The van der Waals surface area contributed by atoms with Crippen LogP contribution in [0.2, 0.25) is 0 Å². The molecule has 3 rings (SSSR count). The van der Waals surface area contributed by atoms with Crippen molar-refractivity contribution < 1.29 is 47.6 Å². The molecule has 2 aromatic rings. The van der Waals surface area contributed by atoms with Crippen LogP contribution in [0.4, 0.5) is 11.8 Å². The van der Waals surface area contributed by atoms with E-state index >= 15 is 0 Å². The third kappa shape index (κ3) is 4.16. The second-order valence-electron chi connectivity index (χ2n) is 5.65. The first-order valence-corrected chi connectivity index (χ1v) is 10.4. The maximum Gasteiger partial charge on any atom is 0.481 e. The number of hydrogen-bond acceptors (Lipinski definition) is 12. The Labute approximate surface area is 155 Å². The van der Waals surface area contributed by atoms with Crippen LogP contribution in [0.3, 0.4) is 0 Å². The molecule has 9 N–H and O–H groups in total. The van der Waals surface area contributed by atoms with Crippen molar-refractivity contribution >= 4 is 38.6 Å². The fourth-order valence-corrected chi connectivity index (χ4v) is 4.20. The lowest BCUT2D eigenvalue weighted by Gasteiger charge is -2.18. The molecule has 0 saturated carbocycles. The van der Waals surface area contributed by atoms with Crippen LogP contribution in [-0.2, 0) is 22.7 Å². The van der Waals surface area contributed by atoms with Crippen molar-refractivity contribution in [2.75, 3.05) is 18.1 Å². The molecule has 16 nitrogen and oxygen atoms in total. The average Bonchev–Trinajstić information content (AvgIpc) is 3.02. The number of hydrogen-bond donors (Lipinski definition) is 7. The van der Waals surface area contributed by atoms with Crippen molar-refractivity contribution in [1.29, 1.82) is 0 Å². The second kappa shape index (κ2) is 7.27. The van der Waals surface area contributed by atoms with Gasteiger partial charge in [0.25, 0.3) is 0 Å². The molecular weight excluding hydrogens is 426 g/mol. The van der Waals surface area contributed by atoms with Gasteiger partial charge < -0.3 is 41.1 Å². The van der Waals surface area contributed by atoms with Gasteiger partial charge in [-0.3, -0.25) is 9.09 Å². The summed E-state index contributed by atoms with van der Waals surface area (Å²) < 4.78 is 36.7. The largest absolute Gasteiger partial charge is 0.481 e. The van der Waals surface area contributed by atoms with Gasteiger partial charge in [0, 0.05) is 0 Å². The van der Waals surface area contributed by atoms with E-state index in [9.17, 15) is 24.2 Å². The summed E-state index contributed by atoms with van der Waals surface area (Å²) in [5.74, 6) is -0.156. The van der Waals surface area contributed by atoms with Gasteiger partial charge in [-0.25, -0.2) is 24.1 Å². The Morgan fingerprint density at radius 2 is 1.86 bits per heavy atom. The number of phosphoric acid groups is 2. The number of ether oxygens (including phenoxy) is 1. The smallest absolute Gasteiger partial charge is 0.387 e. The molecule has 1 fully saturated rings.